The van der Waals surface area contributed by atoms with Gasteiger partial charge in [0.15, 0.2) is 0 Å². The van der Waals surface area contributed by atoms with Crippen LogP contribution in [-0.4, -0.2) is 22.1 Å². The number of benzene rings is 1. The van der Waals surface area contributed by atoms with E-state index in [0.717, 1.165) is 6.42 Å². The average molecular weight is 244 g/mol. The van der Waals surface area contributed by atoms with E-state index in [0.29, 0.717) is 12.2 Å². The first kappa shape index (κ1) is 13.0. The summed E-state index contributed by atoms with van der Waals surface area (Å²) in [6.45, 7) is 2.18. The van der Waals surface area contributed by atoms with Crippen LogP contribution in [0.25, 0.3) is 0 Å². The predicted molar refractivity (Wildman–Crippen MR) is 61.0 cm³/mol. The third-order valence-electron chi connectivity index (χ3n) is 2.07. The van der Waals surface area contributed by atoms with Crippen LogP contribution in [0.4, 0.5) is 0 Å². The Hall–Kier alpha value is -1.07. The van der Waals surface area contributed by atoms with Crippen LogP contribution in [0.5, 0.6) is 5.75 Å². The first-order chi connectivity index (χ1) is 7.61. The number of para-hydroxylation sites is 1. The zero-order valence-corrected chi connectivity index (χ0v) is 10.3. The summed E-state index contributed by atoms with van der Waals surface area (Å²) < 4.78 is 33.4. The van der Waals surface area contributed by atoms with Gasteiger partial charge in [-0.15, -0.1) is 0 Å². The SMILES string of the molecule is CCCCOS(=O)(=O)c1ccccc1OC. The maximum atomic E-state index is 11.8. The van der Waals surface area contributed by atoms with Gasteiger partial charge in [0.2, 0.25) is 0 Å². The molecule has 0 saturated carbocycles. The van der Waals surface area contributed by atoms with E-state index in [-0.39, 0.29) is 11.5 Å². The topological polar surface area (TPSA) is 52.6 Å². The number of rotatable bonds is 6. The van der Waals surface area contributed by atoms with Crippen molar-refractivity contribution in [2.45, 2.75) is 24.7 Å². The second-order valence-corrected chi connectivity index (χ2v) is 4.86. The summed E-state index contributed by atoms with van der Waals surface area (Å²) >= 11 is 0. The molecule has 0 saturated heterocycles. The Kier molecular flexibility index (Phi) is 4.76. The lowest BCUT2D eigenvalue weighted by molar-refractivity contribution is 0.307. The number of ether oxygens (including phenoxy) is 1. The molecule has 16 heavy (non-hydrogen) atoms. The molecule has 0 atom stereocenters. The van der Waals surface area contributed by atoms with Gasteiger partial charge in [0, 0.05) is 0 Å². The smallest absolute Gasteiger partial charge is 0.300 e. The maximum Gasteiger partial charge on any atom is 0.300 e. The van der Waals surface area contributed by atoms with E-state index in [1.54, 1.807) is 18.2 Å². The third kappa shape index (κ3) is 3.21. The molecule has 1 aromatic carbocycles. The lowest BCUT2D eigenvalue weighted by atomic mass is 10.3. The fraction of sp³-hybridized carbons (Fsp3) is 0.455. The molecule has 0 radical (unpaired) electrons. The number of hydrogen-bond donors (Lipinski definition) is 0. The maximum absolute atomic E-state index is 11.8. The standard InChI is InChI=1S/C11H16O4S/c1-3-4-9-15-16(12,13)11-8-6-5-7-10(11)14-2/h5-8H,3-4,9H2,1-2H3. The largest absolute Gasteiger partial charge is 0.495 e. The van der Waals surface area contributed by atoms with Crippen molar-refractivity contribution in [3.05, 3.63) is 24.3 Å². The van der Waals surface area contributed by atoms with Crippen LogP contribution in [0.15, 0.2) is 29.2 Å². The highest BCUT2D eigenvalue weighted by atomic mass is 32.2. The van der Waals surface area contributed by atoms with Crippen LogP contribution in [0.1, 0.15) is 19.8 Å². The molecule has 0 aromatic heterocycles. The lowest BCUT2D eigenvalue weighted by Gasteiger charge is -2.08. The Morgan fingerprint density at radius 1 is 1.25 bits per heavy atom. The van der Waals surface area contributed by atoms with Crippen molar-refractivity contribution in [3.8, 4) is 5.75 Å². The van der Waals surface area contributed by atoms with Crippen LogP contribution in [0.2, 0.25) is 0 Å². The van der Waals surface area contributed by atoms with Crippen molar-refractivity contribution in [3.63, 3.8) is 0 Å². The third-order valence-corrected chi connectivity index (χ3v) is 3.43. The summed E-state index contributed by atoms with van der Waals surface area (Å²) in [6.07, 6.45) is 1.61. The Balaban J connectivity index is 2.89. The molecular weight excluding hydrogens is 228 g/mol. The van der Waals surface area contributed by atoms with E-state index in [2.05, 4.69) is 0 Å². The molecule has 0 aliphatic rings. The predicted octanol–water partition coefficient (Wildman–Crippen LogP) is 2.20. The van der Waals surface area contributed by atoms with E-state index in [9.17, 15) is 8.42 Å². The molecule has 0 aliphatic heterocycles. The second kappa shape index (κ2) is 5.86. The van der Waals surface area contributed by atoms with Crippen LogP contribution >= 0.6 is 0 Å². The van der Waals surface area contributed by atoms with Gasteiger partial charge in [-0.1, -0.05) is 25.5 Å². The van der Waals surface area contributed by atoms with Crippen molar-refractivity contribution in [1.82, 2.24) is 0 Å². The molecule has 1 aromatic rings. The van der Waals surface area contributed by atoms with Crippen molar-refractivity contribution >= 4 is 10.1 Å². The van der Waals surface area contributed by atoms with Crippen molar-refractivity contribution < 1.29 is 17.3 Å². The van der Waals surface area contributed by atoms with E-state index in [1.807, 2.05) is 6.92 Å². The molecule has 0 unspecified atom stereocenters. The minimum Gasteiger partial charge on any atom is -0.495 e. The Morgan fingerprint density at radius 2 is 1.94 bits per heavy atom. The molecule has 0 fully saturated rings. The second-order valence-electron chi connectivity index (χ2n) is 3.28. The van der Waals surface area contributed by atoms with Gasteiger partial charge in [-0.2, -0.15) is 8.42 Å². The summed E-state index contributed by atoms with van der Waals surface area (Å²) in [7, 11) is -2.27. The van der Waals surface area contributed by atoms with Gasteiger partial charge in [-0.3, -0.25) is 4.18 Å². The van der Waals surface area contributed by atoms with E-state index < -0.39 is 10.1 Å². The van der Waals surface area contributed by atoms with Gasteiger partial charge >= 0.3 is 10.1 Å². The fourth-order valence-corrected chi connectivity index (χ4v) is 2.31. The van der Waals surface area contributed by atoms with Gasteiger partial charge in [0.1, 0.15) is 10.6 Å². The molecule has 0 bridgehead atoms. The minimum atomic E-state index is -3.70. The van der Waals surface area contributed by atoms with E-state index >= 15 is 0 Å². The van der Waals surface area contributed by atoms with Crippen LogP contribution < -0.4 is 4.74 Å². The summed E-state index contributed by atoms with van der Waals surface area (Å²) in [6, 6.07) is 6.42. The number of hydrogen-bond acceptors (Lipinski definition) is 4. The zero-order valence-electron chi connectivity index (χ0n) is 9.47. The Labute approximate surface area is 96.3 Å². The van der Waals surface area contributed by atoms with Crippen molar-refractivity contribution in [1.29, 1.82) is 0 Å². The molecule has 0 N–H and O–H groups in total. The molecule has 5 heteroatoms. The van der Waals surface area contributed by atoms with Crippen LogP contribution in [0, 0.1) is 0 Å². The van der Waals surface area contributed by atoms with Gasteiger partial charge in [-0.05, 0) is 18.6 Å². The zero-order chi connectivity index (χ0) is 12.0. The average Bonchev–Trinajstić information content (AvgIpc) is 2.29. The minimum absolute atomic E-state index is 0.0774. The lowest BCUT2D eigenvalue weighted by Crippen LogP contribution is -2.08. The van der Waals surface area contributed by atoms with Crippen molar-refractivity contribution in [2.24, 2.45) is 0 Å². The summed E-state index contributed by atoms with van der Waals surface area (Å²) in [5.74, 6) is 0.305. The first-order valence-electron chi connectivity index (χ1n) is 5.14. The number of methoxy groups -OCH3 is 1. The fourth-order valence-electron chi connectivity index (χ4n) is 1.20. The highest BCUT2D eigenvalue weighted by molar-refractivity contribution is 7.86. The van der Waals surface area contributed by atoms with E-state index in [1.165, 1.54) is 13.2 Å². The first-order valence-corrected chi connectivity index (χ1v) is 6.55. The quantitative estimate of drug-likeness (QED) is 0.568. The number of unbranched alkanes of at least 4 members (excludes halogenated alkanes) is 1. The molecule has 0 amide bonds. The van der Waals surface area contributed by atoms with E-state index in [4.69, 9.17) is 8.92 Å². The van der Waals surface area contributed by atoms with Gasteiger partial charge in [0.05, 0.1) is 13.7 Å². The normalized spacial score (nSPS) is 11.4. The Morgan fingerprint density at radius 3 is 2.56 bits per heavy atom. The molecule has 0 spiro atoms. The monoisotopic (exact) mass is 244 g/mol. The molecular formula is C11H16O4S. The molecule has 4 nitrogen and oxygen atoms in total. The van der Waals surface area contributed by atoms with Gasteiger partial charge < -0.3 is 4.74 Å². The molecule has 1 rings (SSSR count). The molecule has 0 heterocycles. The van der Waals surface area contributed by atoms with Crippen molar-refractivity contribution in [2.75, 3.05) is 13.7 Å². The van der Waals surface area contributed by atoms with Gasteiger partial charge in [-0.25, -0.2) is 0 Å². The summed E-state index contributed by atoms with van der Waals surface area (Å²) in [4.78, 5) is 0.0774. The molecule has 0 aliphatic carbocycles. The van der Waals surface area contributed by atoms with Crippen LogP contribution in [-0.2, 0) is 14.3 Å². The summed E-state index contributed by atoms with van der Waals surface area (Å²) in [5, 5.41) is 0. The summed E-state index contributed by atoms with van der Waals surface area (Å²) in [5.41, 5.74) is 0. The highest BCUT2D eigenvalue weighted by Crippen LogP contribution is 2.24. The van der Waals surface area contributed by atoms with Gasteiger partial charge in [0.25, 0.3) is 0 Å². The Bertz CT molecular complexity index is 425. The van der Waals surface area contributed by atoms with Crippen LogP contribution in [0.3, 0.4) is 0 Å². The highest BCUT2D eigenvalue weighted by Gasteiger charge is 2.19. The molecule has 90 valence electrons.